The van der Waals surface area contributed by atoms with Crippen LogP contribution in [0.15, 0.2) is 77.2 Å². The molecule has 0 N–H and O–H groups in total. The third kappa shape index (κ3) is 3.45. The molecular weight excluding hydrogens is 354 g/mol. The molecule has 0 spiro atoms. The first kappa shape index (κ1) is 17.7. The summed E-state index contributed by atoms with van der Waals surface area (Å²) in [7, 11) is 0. The van der Waals surface area contributed by atoms with Crippen LogP contribution in [-0.4, -0.2) is 4.57 Å². The van der Waals surface area contributed by atoms with Crippen molar-refractivity contribution < 1.29 is 4.42 Å². The maximum absolute atomic E-state index is 6.17. The molecule has 0 saturated heterocycles. The van der Waals surface area contributed by atoms with Gasteiger partial charge < -0.3 is 8.98 Å². The van der Waals surface area contributed by atoms with Gasteiger partial charge in [-0.25, -0.2) is 0 Å². The van der Waals surface area contributed by atoms with Crippen LogP contribution in [-0.2, 0) is 0 Å². The van der Waals surface area contributed by atoms with Gasteiger partial charge in [-0.2, -0.15) is 0 Å². The van der Waals surface area contributed by atoms with E-state index in [9.17, 15) is 0 Å². The minimum absolute atomic E-state index is 0.523. The maximum Gasteiger partial charge on any atom is 0.151 e. The fourth-order valence-electron chi connectivity index (χ4n) is 3.35. The number of benzene rings is 2. The Morgan fingerprint density at radius 2 is 1.59 bits per heavy atom. The van der Waals surface area contributed by atoms with Crippen molar-refractivity contribution in [2.75, 3.05) is 0 Å². The van der Waals surface area contributed by atoms with E-state index in [4.69, 9.17) is 16.0 Å². The first-order valence-electron chi connectivity index (χ1n) is 9.18. The smallest absolute Gasteiger partial charge is 0.151 e. The summed E-state index contributed by atoms with van der Waals surface area (Å²) >= 11 is 6.12. The molecule has 4 rings (SSSR count). The van der Waals surface area contributed by atoms with E-state index in [0.29, 0.717) is 10.9 Å². The van der Waals surface area contributed by atoms with Crippen LogP contribution in [0.3, 0.4) is 0 Å². The van der Waals surface area contributed by atoms with Crippen LogP contribution in [0.2, 0.25) is 5.02 Å². The molecule has 2 nitrogen and oxygen atoms in total. The van der Waals surface area contributed by atoms with Gasteiger partial charge in [-0.3, -0.25) is 0 Å². The van der Waals surface area contributed by atoms with Gasteiger partial charge in [-0.1, -0.05) is 49.7 Å². The Hall–Kier alpha value is -2.71. The van der Waals surface area contributed by atoms with Gasteiger partial charge in [0, 0.05) is 22.0 Å². The Morgan fingerprint density at radius 3 is 2.30 bits per heavy atom. The van der Waals surface area contributed by atoms with Crippen molar-refractivity contribution in [3.05, 3.63) is 89.1 Å². The molecule has 3 heteroatoms. The minimum atomic E-state index is 0.523. The lowest BCUT2D eigenvalue weighted by Gasteiger charge is -2.12. The molecule has 0 aliphatic heterocycles. The molecule has 136 valence electrons. The summed E-state index contributed by atoms with van der Waals surface area (Å²) in [6, 6.07) is 24.7. The maximum atomic E-state index is 6.17. The fraction of sp³-hybridized carbons (Fsp3) is 0.167. The Balaban J connectivity index is 1.74. The molecule has 2 heterocycles. The number of hydrogen-bond donors (Lipinski definition) is 0. The average Bonchev–Trinajstić information content (AvgIpc) is 3.28. The molecular formula is C24H22ClNO. The van der Waals surface area contributed by atoms with Gasteiger partial charge in [-0.15, -0.1) is 0 Å². The standard InChI is InChI=1S/C24H22ClNO/c1-16(2)18-8-10-21(11-9-18)26-17(3)7-12-22(26)24-14-13-23(27-24)19-5-4-6-20(25)15-19/h4-16H,1-3H3. The van der Waals surface area contributed by atoms with Gasteiger partial charge in [0.05, 0.1) is 5.69 Å². The number of rotatable bonds is 4. The molecule has 0 radical (unpaired) electrons. The zero-order valence-corrected chi connectivity index (χ0v) is 16.5. The fourth-order valence-corrected chi connectivity index (χ4v) is 3.54. The van der Waals surface area contributed by atoms with Gasteiger partial charge in [0.25, 0.3) is 0 Å². The van der Waals surface area contributed by atoms with Crippen molar-refractivity contribution in [1.82, 2.24) is 4.57 Å². The van der Waals surface area contributed by atoms with E-state index < -0.39 is 0 Å². The molecule has 27 heavy (non-hydrogen) atoms. The highest BCUT2D eigenvalue weighted by Gasteiger charge is 2.14. The van der Waals surface area contributed by atoms with Gasteiger partial charge in [-0.05, 0) is 66.9 Å². The molecule has 4 aromatic rings. The molecule has 0 aliphatic carbocycles. The van der Waals surface area contributed by atoms with Crippen molar-refractivity contribution in [2.24, 2.45) is 0 Å². The van der Waals surface area contributed by atoms with Crippen LogP contribution in [0.25, 0.3) is 28.5 Å². The summed E-state index contributed by atoms with van der Waals surface area (Å²) in [6.45, 7) is 6.53. The Bertz CT molecular complexity index is 1070. The second-order valence-electron chi connectivity index (χ2n) is 7.12. The van der Waals surface area contributed by atoms with Crippen LogP contribution < -0.4 is 0 Å². The highest BCUT2D eigenvalue weighted by atomic mass is 35.5. The van der Waals surface area contributed by atoms with Crippen LogP contribution in [0, 0.1) is 6.92 Å². The number of aromatic nitrogens is 1. The van der Waals surface area contributed by atoms with Crippen molar-refractivity contribution in [1.29, 1.82) is 0 Å². The topological polar surface area (TPSA) is 18.1 Å². The molecule has 0 amide bonds. The highest BCUT2D eigenvalue weighted by molar-refractivity contribution is 6.30. The molecule has 0 bridgehead atoms. The van der Waals surface area contributed by atoms with Gasteiger partial charge >= 0.3 is 0 Å². The molecule has 0 aliphatic rings. The van der Waals surface area contributed by atoms with E-state index >= 15 is 0 Å². The van der Waals surface area contributed by atoms with Crippen molar-refractivity contribution >= 4 is 11.6 Å². The van der Waals surface area contributed by atoms with E-state index in [1.54, 1.807) is 0 Å². The van der Waals surface area contributed by atoms with Crippen molar-refractivity contribution in [3.8, 4) is 28.5 Å². The Kier molecular flexibility index (Phi) is 4.67. The molecule has 0 unspecified atom stereocenters. The van der Waals surface area contributed by atoms with E-state index in [1.165, 1.54) is 11.3 Å². The summed E-state index contributed by atoms with van der Waals surface area (Å²) in [6.07, 6.45) is 0. The van der Waals surface area contributed by atoms with Crippen LogP contribution in [0.5, 0.6) is 0 Å². The third-order valence-electron chi connectivity index (χ3n) is 4.86. The monoisotopic (exact) mass is 375 g/mol. The normalized spacial score (nSPS) is 11.3. The number of furan rings is 1. The van der Waals surface area contributed by atoms with E-state index in [-0.39, 0.29) is 0 Å². The molecule has 0 saturated carbocycles. The molecule has 2 aromatic heterocycles. The Labute approximate surface area is 165 Å². The van der Waals surface area contributed by atoms with Gasteiger partial charge in [0.2, 0.25) is 0 Å². The number of nitrogens with zero attached hydrogens (tertiary/aromatic N) is 1. The predicted octanol–water partition coefficient (Wildman–Crippen LogP) is 7.49. The highest BCUT2D eigenvalue weighted by Crippen LogP contribution is 2.32. The van der Waals surface area contributed by atoms with Crippen LogP contribution >= 0.6 is 11.6 Å². The zero-order chi connectivity index (χ0) is 19.0. The third-order valence-corrected chi connectivity index (χ3v) is 5.10. The summed E-state index contributed by atoms with van der Waals surface area (Å²) in [4.78, 5) is 0. The summed E-state index contributed by atoms with van der Waals surface area (Å²) in [5.74, 6) is 2.17. The zero-order valence-electron chi connectivity index (χ0n) is 15.7. The average molecular weight is 376 g/mol. The molecule has 0 fully saturated rings. The van der Waals surface area contributed by atoms with E-state index in [2.05, 4.69) is 61.7 Å². The Morgan fingerprint density at radius 1 is 0.852 bits per heavy atom. The second kappa shape index (κ2) is 7.13. The largest absolute Gasteiger partial charge is 0.455 e. The summed E-state index contributed by atoms with van der Waals surface area (Å²) < 4.78 is 8.40. The van der Waals surface area contributed by atoms with Gasteiger partial charge in [0.1, 0.15) is 5.76 Å². The van der Waals surface area contributed by atoms with Crippen LogP contribution in [0.4, 0.5) is 0 Å². The lowest BCUT2D eigenvalue weighted by atomic mass is 10.0. The van der Waals surface area contributed by atoms with E-state index in [1.807, 2.05) is 36.4 Å². The quantitative estimate of drug-likeness (QED) is 0.361. The number of hydrogen-bond acceptors (Lipinski definition) is 1. The van der Waals surface area contributed by atoms with E-state index in [0.717, 1.165) is 28.5 Å². The lowest BCUT2D eigenvalue weighted by molar-refractivity contribution is 0.593. The molecule has 2 aromatic carbocycles. The second-order valence-corrected chi connectivity index (χ2v) is 7.55. The summed E-state index contributed by atoms with van der Waals surface area (Å²) in [5, 5.41) is 0.704. The first-order valence-corrected chi connectivity index (χ1v) is 9.55. The predicted molar refractivity (Wildman–Crippen MR) is 113 cm³/mol. The van der Waals surface area contributed by atoms with Crippen LogP contribution in [0.1, 0.15) is 31.0 Å². The molecule has 0 atom stereocenters. The number of aryl methyl sites for hydroxylation is 1. The number of halogens is 1. The minimum Gasteiger partial charge on any atom is -0.455 e. The van der Waals surface area contributed by atoms with Crippen molar-refractivity contribution in [2.45, 2.75) is 26.7 Å². The van der Waals surface area contributed by atoms with Gasteiger partial charge in [0.15, 0.2) is 5.76 Å². The SMILES string of the molecule is Cc1ccc(-c2ccc(-c3cccc(Cl)c3)o2)n1-c1ccc(C(C)C)cc1. The first-order chi connectivity index (χ1) is 13.0. The van der Waals surface area contributed by atoms with Crippen molar-refractivity contribution in [3.63, 3.8) is 0 Å². The summed E-state index contributed by atoms with van der Waals surface area (Å²) in [5.41, 5.74) is 5.66. The lowest BCUT2D eigenvalue weighted by Crippen LogP contribution is -1.99.